The highest BCUT2D eigenvalue weighted by atomic mass is 79.9. The molecule has 0 radical (unpaired) electrons. The van der Waals surface area contributed by atoms with Crippen molar-refractivity contribution in [1.82, 2.24) is 0 Å². The third kappa shape index (κ3) is 3.64. The van der Waals surface area contributed by atoms with Crippen molar-refractivity contribution in [2.75, 3.05) is 0 Å². The molecular weight excluding hydrogens is 380 g/mol. The summed E-state index contributed by atoms with van der Waals surface area (Å²) in [5, 5.41) is 0. The molecule has 0 aromatic heterocycles. The van der Waals surface area contributed by atoms with Gasteiger partial charge in [0.2, 0.25) is 0 Å². The average Bonchev–Trinajstić information content (AvgIpc) is 2.33. The van der Waals surface area contributed by atoms with E-state index in [4.69, 9.17) is 4.74 Å². The van der Waals surface area contributed by atoms with Crippen LogP contribution < -0.4 is 4.74 Å². The summed E-state index contributed by atoms with van der Waals surface area (Å²) in [5.41, 5.74) is 3.69. The largest absolute Gasteiger partial charge is 0.455 e. The van der Waals surface area contributed by atoms with Gasteiger partial charge in [0.05, 0.1) is 8.95 Å². The van der Waals surface area contributed by atoms with Crippen LogP contribution in [-0.2, 0) is 0 Å². The lowest BCUT2D eigenvalue weighted by Gasteiger charge is -2.14. The maximum absolute atomic E-state index is 6.07. The van der Waals surface area contributed by atoms with E-state index in [1.165, 1.54) is 16.7 Å². The van der Waals surface area contributed by atoms with E-state index in [9.17, 15) is 0 Å². The van der Waals surface area contributed by atoms with Crippen molar-refractivity contribution in [2.45, 2.75) is 33.6 Å². The van der Waals surface area contributed by atoms with Gasteiger partial charge in [-0.3, -0.25) is 0 Å². The van der Waals surface area contributed by atoms with Crippen molar-refractivity contribution in [3.63, 3.8) is 0 Å². The van der Waals surface area contributed by atoms with E-state index in [0.717, 1.165) is 20.4 Å². The maximum atomic E-state index is 6.07. The van der Waals surface area contributed by atoms with Gasteiger partial charge in [0.15, 0.2) is 5.75 Å². The van der Waals surface area contributed by atoms with Crippen molar-refractivity contribution in [2.24, 2.45) is 0 Å². The Labute approximate surface area is 137 Å². The number of halogens is 2. The van der Waals surface area contributed by atoms with Crippen molar-refractivity contribution in [3.05, 3.63) is 56.0 Å². The summed E-state index contributed by atoms with van der Waals surface area (Å²) < 4.78 is 7.98. The van der Waals surface area contributed by atoms with Gasteiger partial charge in [-0.2, -0.15) is 0 Å². The summed E-state index contributed by atoms with van der Waals surface area (Å²) in [6, 6.07) is 10.5. The van der Waals surface area contributed by atoms with Crippen LogP contribution >= 0.6 is 31.9 Å². The summed E-state index contributed by atoms with van der Waals surface area (Å²) in [5.74, 6) is 2.18. The molecule has 0 N–H and O–H groups in total. The minimum atomic E-state index is 0.488. The summed E-state index contributed by atoms with van der Waals surface area (Å²) in [6.45, 7) is 8.54. The van der Waals surface area contributed by atoms with Gasteiger partial charge in [0.1, 0.15) is 5.75 Å². The molecule has 0 fully saturated rings. The molecule has 0 spiro atoms. The fourth-order valence-corrected chi connectivity index (χ4v) is 3.65. The van der Waals surface area contributed by atoms with Crippen molar-refractivity contribution >= 4 is 31.9 Å². The molecule has 20 heavy (non-hydrogen) atoms. The van der Waals surface area contributed by atoms with Crippen LogP contribution in [0, 0.1) is 13.8 Å². The maximum Gasteiger partial charge on any atom is 0.155 e. The van der Waals surface area contributed by atoms with Gasteiger partial charge < -0.3 is 4.74 Å². The SMILES string of the molecule is Cc1cc(Oc2c(Br)cc(C)cc2Br)cc(C(C)C)c1. The lowest BCUT2D eigenvalue weighted by Crippen LogP contribution is -1.93. The van der Waals surface area contributed by atoms with E-state index in [1.54, 1.807) is 0 Å². The molecule has 0 heterocycles. The summed E-state index contributed by atoms with van der Waals surface area (Å²) in [4.78, 5) is 0. The van der Waals surface area contributed by atoms with E-state index >= 15 is 0 Å². The normalized spacial score (nSPS) is 10.9. The first kappa shape index (κ1) is 15.6. The van der Waals surface area contributed by atoms with Crippen LogP contribution in [-0.4, -0.2) is 0 Å². The third-order valence-corrected chi connectivity index (χ3v) is 4.28. The van der Waals surface area contributed by atoms with Crippen molar-refractivity contribution in [3.8, 4) is 11.5 Å². The van der Waals surface area contributed by atoms with E-state index in [0.29, 0.717) is 5.92 Å². The van der Waals surface area contributed by atoms with Crippen LogP contribution in [0.4, 0.5) is 0 Å². The first-order chi connectivity index (χ1) is 9.36. The standard InChI is InChI=1S/C17H18Br2O/c1-10(2)13-5-11(3)6-14(9-13)20-17-15(18)7-12(4)8-16(17)19/h5-10H,1-4H3. The number of ether oxygens (including phenoxy) is 1. The Morgan fingerprint density at radius 2 is 1.40 bits per heavy atom. The molecule has 0 aliphatic rings. The lowest BCUT2D eigenvalue weighted by molar-refractivity contribution is 0.475. The molecule has 2 aromatic carbocycles. The zero-order valence-corrected chi connectivity index (χ0v) is 15.3. The predicted molar refractivity (Wildman–Crippen MR) is 91.9 cm³/mol. The van der Waals surface area contributed by atoms with Crippen LogP contribution in [0.5, 0.6) is 11.5 Å². The molecule has 0 saturated heterocycles. The first-order valence-corrected chi connectivity index (χ1v) is 8.20. The first-order valence-electron chi connectivity index (χ1n) is 6.62. The van der Waals surface area contributed by atoms with Crippen LogP contribution in [0.3, 0.4) is 0 Å². The fraction of sp³-hybridized carbons (Fsp3) is 0.294. The molecule has 106 valence electrons. The molecule has 0 atom stereocenters. The van der Waals surface area contributed by atoms with Crippen LogP contribution in [0.2, 0.25) is 0 Å². The number of aryl methyl sites for hydroxylation is 2. The van der Waals surface area contributed by atoms with E-state index < -0.39 is 0 Å². The second-order valence-corrected chi connectivity index (χ2v) is 7.10. The van der Waals surface area contributed by atoms with E-state index in [1.807, 2.05) is 0 Å². The third-order valence-electron chi connectivity index (χ3n) is 3.10. The minimum absolute atomic E-state index is 0.488. The second-order valence-electron chi connectivity index (χ2n) is 5.39. The van der Waals surface area contributed by atoms with Crippen LogP contribution in [0.15, 0.2) is 39.3 Å². The molecule has 0 bridgehead atoms. The van der Waals surface area contributed by atoms with Crippen molar-refractivity contribution < 1.29 is 4.74 Å². The van der Waals surface area contributed by atoms with Gasteiger partial charge in [0, 0.05) is 0 Å². The van der Waals surface area contributed by atoms with Gasteiger partial charge in [-0.05, 0) is 92.6 Å². The summed E-state index contributed by atoms with van der Waals surface area (Å²) in [7, 11) is 0. The number of hydrogen-bond acceptors (Lipinski definition) is 1. The Morgan fingerprint density at radius 3 is 1.95 bits per heavy atom. The van der Waals surface area contributed by atoms with Gasteiger partial charge in [-0.1, -0.05) is 19.9 Å². The minimum Gasteiger partial charge on any atom is -0.455 e. The molecule has 0 aliphatic carbocycles. The number of hydrogen-bond donors (Lipinski definition) is 0. The lowest BCUT2D eigenvalue weighted by atomic mass is 10.0. The number of rotatable bonds is 3. The van der Waals surface area contributed by atoms with Crippen molar-refractivity contribution in [1.29, 1.82) is 0 Å². The molecule has 1 nitrogen and oxygen atoms in total. The molecule has 0 amide bonds. The van der Waals surface area contributed by atoms with Gasteiger partial charge in [-0.15, -0.1) is 0 Å². The molecule has 0 unspecified atom stereocenters. The fourth-order valence-electron chi connectivity index (χ4n) is 2.07. The molecule has 0 saturated carbocycles. The molecule has 2 aromatic rings. The van der Waals surface area contributed by atoms with Gasteiger partial charge in [-0.25, -0.2) is 0 Å². The smallest absolute Gasteiger partial charge is 0.155 e. The molecular formula is C17H18Br2O. The Kier molecular flexibility index (Phi) is 4.92. The van der Waals surface area contributed by atoms with E-state index in [-0.39, 0.29) is 0 Å². The topological polar surface area (TPSA) is 9.23 Å². The molecule has 3 heteroatoms. The zero-order chi connectivity index (χ0) is 14.9. The summed E-state index contributed by atoms with van der Waals surface area (Å²) in [6.07, 6.45) is 0. The highest BCUT2D eigenvalue weighted by Crippen LogP contribution is 2.38. The molecule has 0 aliphatic heterocycles. The Morgan fingerprint density at radius 1 is 0.850 bits per heavy atom. The quantitative estimate of drug-likeness (QED) is 0.556. The second kappa shape index (κ2) is 6.31. The monoisotopic (exact) mass is 396 g/mol. The van der Waals surface area contributed by atoms with E-state index in [2.05, 4.69) is 89.9 Å². The van der Waals surface area contributed by atoms with Gasteiger partial charge >= 0.3 is 0 Å². The Balaban J connectivity index is 2.40. The Bertz CT molecular complexity index is 610. The average molecular weight is 398 g/mol. The summed E-state index contributed by atoms with van der Waals surface area (Å²) >= 11 is 7.13. The van der Waals surface area contributed by atoms with Gasteiger partial charge in [0.25, 0.3) is 0 Å². The molecule has 2 rings (SSSR count). The highest BCUT2D eigenvalue weighted by molar-refractivity contribution is 9.11. The Hall–Kier alpha value is -0.800. The number of benzene rings is 2. The van der Waals surface area contributed by atoms with Crippen LogP contribution in [0.25, 0.3) is 0 Å². The zero-order valence-electron chi connectivity index (χ0n) is 12.1. The highest BCUT2D eigenvalue weighted by Gasteiger charge is 2.10. The predicted octanol–water partition coefficient (Wildman–Crippen LogP) is 6.74. The van der Waals surface area contributed by atoms with Crippen LogP contribution in [0.1, 0.15) is 36.5 Å².